The molecule has 0 bridgehead atoms. The summed E-state index contributed by atoms with van der Waals surface area (Å²) in [5.41, 5.74) is 0. The van der Waals surface area contributed by atoms with E-state index in [1.807, 2.05) is 13.8 Å². The summed E-state index contributed by atoms with van der Waals surface area (Å²) in [4.78, 5) is 0. The van der Waals surface area contributed by atoms with Gasteiger partial charge in [-0.2, -0.15) is 0 Å². The molecule has 1 aliphatic heterocycles. The van der Waals surface area contributed by atoms with Crippen molar-refractivity contribution in [2.24, 2.45) is 0 Å². The smallest absolute Gasteiger partial charge is 0.158 e. The van der Waals surface area contributed by atoms with Crippen LogP contribution in [0.1, 0.15) is 39.5 Å². The van der Waals surface area contributed by atoms with E-state index in [0.717, 1.165) is 25.7 Å². The summed E-state index contributed by atoms with van der Waals surface area (Å²) < 4.78 is 22.4. The maximum atomic E-state index is 11.2. The van der Waals surface area contributed by atoms with Gasteiger partial charge in [0.05, 0.1) is 10.5 Å². The molecule has 1 saturated heterocycles. The topological polar surface area (TPSA) is 34.1 Å². The van der Waals surface area contributed by atoms with Crippen molar-refractivity contribution in [3.8, 4) is 0 Å². The highest BCUT2D eigenvalue weighted by Gasteiger charge is 2.54. The summed E-state index contributed by atoms with van der Waals surface area (Å²) in [6, 6.07) is 0. The van der Waals surface area contributed by atoms with E-state index in [4.69, 9.17) is 0 Å². The molecule has 2 atom stereocenters. The predicted molar refractivity (Wildman–Crippen MR) is 46.3 cm³/mol. The fraction of sp³-hybridized carbons (Fsp3) is 1.00. The molecule has 1 aliphatic rings. The molecule has 11 heavy (non-hydrogen) atoms. The van der Waals surface area contributed by atoms with Crippen LogP contribution in [0.15, 0.2) is 0 Å². The Labute approximate surface area is 68.9 Å². The van der Waals surface area contributed by atoms with Crippen molar-refractivity contribution in [3.05, 3.63) is 0 Å². The minimum atomic E-state index is -2.62. The molecular formula is C8H16O2S. The van der Waals surface area contributed by atoms with Crippen LogP contribution >= 0.6 is 0 Å². The van der Waals surface area contributed by atoms with Crippen molar-refractivity contribution in [2.75, 3.05) is 0 Å². The van der Waals surface area contributed by atoms with Gasteiger partial charge in [-0.3, -0.25) is 0 Å². The van der Waals surface area contributed by atoms with Crippen LogP contribution in [0.3, 0.4) is 0 Å². The van der Waals surface area contributed by atoms with Gasteiger partial charge in [-0.15, -0.1) is 0 Å². The van der Waals surface area contributed by atoms with Crippen LogP contribution in [-0.2, 0) is 9.84 Å². The average Bonchev–Trinajstić information content (AvgIpc) is 2.41. The zero-order valence-corrected chi connectivity index (χ0v) is 8.02. The number of rotatable bonds is 4. The Morgan fingerprint density at radius 3 is 1.64 bits per heavy atom. The summed E-state index contributed by atoms with van der Waals surface area (Å²) >= 11 is 0. The number of hydrogen-bond donors (Lipinski definition) is 0. The van der Waals surface area contributed by atoms with Crippen LogP contribution in [0.4, 0.5) is 0 Å². The van der Waals surface area contributed by atoms with E-state index in [1.54, 1.807) is 0 Å². The third-order valence-electron chi connectivity index (χ3n) is 2.33. The van der Waals surface area contributed by atoms with Gasteiger partial charge < -0.3 is 0 Å². The molecule has 1 rings (SSSR count). The molecule has 0 N–H and O–H groups in total. The van der Waals surface area contributed by atoms with Gasteiger partial charge in [0.25, 0.3) is 0 Å². The molecule has 0 aromatic carbocycles. The predicted octanol–water partition coefficient (Wildman–Crippen LogP) is 1.75. The highest BCUT2D eigenvalue weighted by atomic mass is 32.2. The molecule has 2 nitrogen and oxygen atoms in total. The lowest BCUT2D eigenvalue weighted by atomic mass is 10.1. The fourth-order valence-corrected chi connectivity index (χ4v) is 4.09. The molecule has 0 unspecified atom stereocenters. The first-order valence-corrected chi connectivity index (χ1v) is 5.98. The van der Waals surface area contributed by atoms with Crippen LogP contribution in [-0.4, -0.2) is 18.9 Å². The molecule has 0 radical (unpaired) electrons. The van der Waals surface area contributed by atoms with E-state index in [9.17, 15) is 8.42 Å². The summed E-state index contributed by atoms with van der Waals surface area (Å²) in [5.74, 6) is 0. The van der Waals surface area contributed by atoms with Gasteiger partial charge in [-0.25, -0.2) is 8.42 Å². The molecule has 66 valence electrons. The standard InChI is InChI=1S/C8H16O2S/c1-3-5-7-8(6-4-2)11(7,9)10/h7-8H,3-6H2,1-2H3/t7-,8-/m1/s1. The molecule has 3 heteroatoms. The molecule has 0 aromatic heterocycles. The van der Waals surface area contributed by atoms with E-state index in [2.05, 4.69) is 0 Å². The van der Waals surface area contributed by atoms with Crippen LogP contribution in [0.2, 0.25) is 0 Å². The Morgan fingerprint density at radius 2 is 1.36 bits per heavy atom. The molecule has 0 spiro atoms. The second-order valence-electron chi connectivity index (χ2n) is 3.24. The minimum Gasteiger partial charge on any atom is -0.228 e. The Hall–Kier alpha value is -0.0500. The van der Waals surface area contributed by atoms with E-state index in [0.29, 0.717) is 0 Å². The van der Waals surface area contributed by atoms with Gasteiger partial charge in [-0.1, -0.05) is 26.7 Å². The monoisotopic (exact) mass is 176 g/mol. The summed E-state index contributed by atoms with van der Waals surface area (Å²) in [6.07, 6.45) is 3.72. The fourth-order valence-electron chi connectivity index (χ4n) is 1.65. The summed E-state index contributed by atoms with van der Waals surface area (Å²) in [7, 11) is -2.62. The highest BCUT2D eigenvalue weighted by molar-refractivity contribution is 7.99. The van der Waals surface area contributed by atoms with Gasteiger partial charge in [0.1, 0.15) is 0 Å². The minimum absolute atomic E-state index is 0.0208. The Morgan fingerprint density at radius 1 is 1.00 bits per heavy atom. The third kappa shape index (κ3) is 1.58. The summed E-state index contributed by atoms with van der Waals surface area (Å²) in [5, 5.41) is 0.0416. The number of sulfone groups is 1. The molecular weight excluding hydrogens is 160 g/mol. The average molecular weight is 176 g/mol. The Kier molecular flexibility index (Phi) is 2.58. The quantitative estimate of drug-likeness (QED) is 0.612. The van der Waals surface area contributed by atoms with Crippen molar-refractivity contribution in [1.29, 1.82) is 0 Å². The molecule has 0 aromatic rings. The highest BCUT2D eigenvalue weighted by Crippen LogP contribution is 2.39. The van der Waals surface area contributed by atoms with Gasteiger partial charge in [0, 0.05) is 0 Å². The lowest BCUT2D eigenvalue weighted by molar-refractivity contribution is 0.608. The number of hydrogen-bond acceptors (Lipinski definition) is 2. The second kappa shape index (κ2) is 3.13. The normalized spacial score (nSPS) is 33.6. The zero-order chi connectivity index (χ0) is 8.48. The molecule has 0 saturated carbocycles. The zero-order valence-electron chi connectivity index (χ0n) is 7.21. The first-order valence-electron chi connectivity index (χ1n) is 4.37. The maximum Gasteiger partial charge on any atom is 0.158 e. The largest absolute Gasteiger partial charge is 0.228 e. The second-order valence-corrected chi connectivity index (χ2v) is 5.63. The van der Waals surface area contributed by atoms with Crippen LogP contribution < -0.4 is 0 Å². The molecule has 0 amide bonds. The van der Waals surface area contributed by atoms with Gasteiger partial charge in [0.15, 0.2) is 9.84 Å². The van der Waals surface area contributed by atoms with Gasteiger partial charge in [-0.05, 0) is 12.8 Å². The Balaban J connectivity index is 2.47. The first-order chi connectivity index (χ1) is 5.14. The van der Waals surface area contributed by atoms with Gasteiger partial charge in [0.2, 0.25) is 0 Å². The molecule has 1 fully saturated rings. The van der Waals surface area contributed by atoms with Gasteiger partial charge >= 0.3 is 0 Å². The SMILES string of the molecule is CCC[C@@H]1[C@@H](CCC)S1(=O)=O. The molecule has 0 aliphatic carbocycles. The van der Waals surface area contributed by atoms with Crippen LogP contribution in [0.25, 0.3) is 0 Å². The summed E-state index contributed by atoms with van der Waals surface area (Å²) in [6.45, 7) is 4.08. The lowest BCUT2D eigenvalue weighted by Crippen LogP contribution is -1.91. The van der Waals surface area contributed by atoms with Crippen molar-refractivity contribution in [3.63, 3.8) is 0 Å². The van der Waals surface area contributed by atoms with E-state index < -0.39 is 9.84 Å². The van der Waals surface area contributed by atoms with Crippen molar-refractivity contribution < 1.29 is 8.42 Å². The van der Waals surface area contributed by atoms with E-state index >= 15 is 0 Å². The van der Waals surface area contributed by atoms with Crippen LogP contribution in [0.5, 0.6) is 0 Å². The van der Waals surface area contributed by atoms with E-state index in [1.165, 1.54) is 0 Å². The van der Waals surface area contributed by atoms with Crippen molar-refractivity contribution in [2.45, 2.75) is 50.0 Å². The maximum absolute atomic E-state index is 11.2. The first kappa shape index (κ1) is 9.04. The third-order valence-corrected chi connectivity index (χ3v) is 4.83. The lowest BCUT2D eigenvalue weighted by Gasteiger charge is -1.87. The van der Waals surface area contributed by atoms with Crippen molar-refractivity contribution in [1.82, 2.24) is 0 Å². The van der Waals surface area contributed by atoms with Crippen molar-refractivity contribution >= 4 is 9.84 Å². The Bertz CT molecular complexity index is 200. The van der Waals surface area contributed by atoms with E-state index in [-0.39, 0.29) is 10.5 Å². The van der Waals surface area contributed by atoms with Crippen LogP contribution in [0, 0.1) is 0 Å². The molecule has 1 heterocycles.